The zero-order valence-electron chi connectivity index (χ0n) is 15.7. The topological polar surface area (TPSA) is 53.4 Å². The maximum atomic E-state index is 12.8. The molecule has 1 aromatic carbocycles. The molecule has 6 nitrogen and oxygen atoms in total. The molecule has 0 aliphatic carbocycles. The van der Waals surface area contributed by atoms with E-state index in [0.717, 1.165) is 57.2 Å². The number of anilines is 1. The van der Waals surface area contributed by atoms with E-state index in [4.69, 9.17) is 0 Å². The molecule has 0 bridgehead atoms. The summed E-state index contributed by atoms with van der Waals surface area (Å²) in [5.74, 6) is 0.687. The molecule has 9 heteroatoms. The monoisotopic (exact) mass is 395 g/mol. The Morgan fingerprint density at radius 3 is 2.50 bits per heavy atom. The number of aryl methyl sites for hydroxylation is 1. The third-order valence-corrected chi connectivity index (χ3v) is 4.89. The molecule has 0 atom stereocenters. The Morgan fingerprint density at radius 2 is 1.86 bits per heavy atom. The summed E-state index contributed by atoms with van der Waals surface area (Å²) in [5, 5.41) is 2.56. The number of imidazole rings is 1. The molecule has 28 heavy (non-hydrogen) atoms. The summed E-state index contributed by atoms with van der Waals surface area (Å²) in [4.78, 5) is 20.7. The van der Waals surface area contributed by atoms with Crippen LogP contribution in [0, 0.1) is 6.92 Å². The molecule has 0 unspecified atom stereocenters. The number of carbonyl (C=O) groups excluding carboxylic acids is 1. The van der Waals surface area contributed by atoms with Gasteiger partial charge >= 0.3 is 6.18 Å². The molecule has 1 N–H and O–H groups in total. The van der Waals surface area contributed by atoms with E-state index in [9.17, 15) is 18.0 Å². The smallest absolute Gasteiger partial charge is 0.334 e. The maximum Gasteiger partial charge on any atom is 0.416 e. The van der Waals surface area contributed by atoms with Crippen molar-refractivity contribution < 1.29 is 18.0 Å². The predicted octanol–water partition coefficient (Wildman–Crippen LogP) is 2.47. The first-order valence-corrected chi connectivity index (χ1v) is 9.21. The molecule has 2 heterocycles. The minimum Gasteiger partial charge on any atom is -0.334 e. The Morgan fingerprint density at radius 1 is 1.14 bits per heavy atom. The minimum absolute atomic E-state index is 0.161. The van der Waals surface area contributed by atoms with Crippen LogP contribution in [0.4, 0.5) is 18.9 Å². The first kappa shape index (κ1) is 20.3. The van der Waals surface area contributed by atoms with Gasteiger partial charge in [0.2, 0.25) is 5.91 Å². The second kappa shape index (κ2) is 8.74. The number of aromatic nitrogens is 2. The average Bonchev–Trinajstić information content (AvgIpc) is 3.05. The van der Waals surface area contributed by atoms with Crippen molar-refractivity contribution in [3.63, 3.8) is 0 Å². The number of nitrogens with one attached hydrogen (secondary N) is 1. The standard InChI is InChI=1S/C19H24F3N5O/c1-15-23-5-6-27(15)12-11-25-7-9-26(10-8-25)14-18(28)24-17-4-2-3-16(13-17)19(20,21)22/h2-6,13H,7-12,14H2,1H3,(H,24,28). The Bertz CT molecular complexity index is 797. The number of amides is 1. The summed E-state index contributed by atoms with van der Waals surface area (Å²) < 4.78 is 40.4. The van der Waals surface area contributed by atoms with Gasteiger partial charge in [-0.2, -0.15) is 13.2 Å². The van der Waals surface area contributed by atoms with Gasteiger partial charge in [0.25, 0.3) is 0 Å². The van der Waals surface area contributed by atoms with Crippen LogP contribution in [-0.4, -0.2) is 64.5 Å². The van der Waals surface area contributed by atoms with E-state index in [1.54, 1.807) is 6.20 Å². The van der Waals surface area contributed by atoms with E-state index in [1.807, 2.05) is 18.0 Å². The van der Waals surface area contributed by atoms with E-state index in [1.165, 1.54) is 12.1 Å². The van der Waals surface area contributed by atoms with Gasteiger partial charge in [-0.1, -0.05) is 6.07 Å². The molecule has 0 radical (unpaired) electrons. The van der Waals surface area contributed by atoms with Crippen molar-refractivity contribution in [2.24, 2.45) is 0 Å². The number of hydrogen-bond acceptors (Lipinski definition) is 4. The Hall–Kier alpha value is -2.39. The molecule has 0 saturated carbocycles. The number of nitrogens with zero attached hydrogens (tertiary/aromatic N) is 4. The molecular weight excluding hydrogens is 371 g/mol. The summed E-state index contributed by atoms with van der Waals surface area (Å²) in [5.41, 5.74) is -0.610. The zero-order chi connectivity index (χ0) is 20.1. The van der Waals surface area contributed by atoms with Crippen LogP contribution in [0.5, 0.6) is 0 Å². The average molecular weight is 395 g/mol. The van der Waals surface area contributed by atoms with Crippen molar-refractivity contribution in [1.82, 2.24) is 19.4 Å². The number of hydrogen-bond donors (Lipinski definition) is 1. The van der Waals surface area contributed by atoms with Crippen molar-refractivity contribution in [1.29, 1.82) is 0 Å². The van der Waals surface area contributed by atoms with Crippen molar-refractivity contribution in [2.75, 3.05) is 44.6 Å². The predicted molar refractivity (Wildman–Crippen MR) is 99.9 cm³/mol. The molecule has 1 fully saturated rings. The van der Waals surface area contributed by atoms with E-state index in [-0.39, 0.29) is 18.1 Å². The van der Waals surface area contributed by atoms with Crippen LogP contribution in [0.15, 0.2) is 36.7 Å². The van der Waals surface area contributed by atoms with Crippen LogP contribution in [0.3, 0.4) is 0 Å². The van der Waals surface area contributed by atoms with Gasteiger partial charge in [0.05, 0.1) is 12.1 Å². The van der Waals surface area contributed by atoms with Crippen LogP contribution in [0.1, 0.15) is 11.4 Å². The van der Waals surface area contributed by atoms with Gasteiger partial charge in [0.15, 0.2) is 0 Å². The van der Waals surface area contributed by atoms with E-state index < -0.39 is 11.7 Å². The summed E-state index contributed by atoms with van der Waals surface area (Å²) in [6.07, 6.45) is -0.674. The number of piperazine rings is 1. The van der Waals surface area contributed by atoms with Gasteiger partial charge in [-0.15, -0.1) is 0 Å². The molecule has 1 aliphatic heterocycles. The van der Waals surface area contributed by atoms with Crippen LogP contribution < -0.4 is 5.32 Å². The number of rotatable bonds is 6. The lowest BCUT2D eigenvalue weighted by atomic mass is 10.2. The van der Waals surface area contributed by atoms with Gasteiger partial charge in [0, 0.05) is 57.3 Å². The van der Waals surface area contributed by atoms with Crippen molar-refractivity contribution in [3.05, 3.63) is 48.0 Å². The molecule has 0 spiro atoms. The number of halogens is 3. The highest BCUT2D eigenvalue weighted by molar-refractivity contribution is 5.92. The Kier molecular flexibility index (Phi) is 6.35. The summed E-state index contributed by atoms with van der Waals surface area (Å²) >= 11 is 0. The molecule has 1 amide bonds. The highest BCUT2D eigenvalue weighted by Crippen LogP contribution is 2.30. The van der Waals surface area contributed by atoms with Crippen molar-refractivity contribution >= 4 is 11.6 Å². The summed E-state index contributed by atoms with van der Waals surface area (Å²) in [7, 11) is 0. The SMILES string of the molecule is Cc1nccn1CCN1CCN(CC(=O)Nc2cccc(C(F)(F)F)c2)CC1. The van der Waals surface area contributed by atoms with Gasteiger partial charge in [0.1, 0.15) is 5.82 Å². The van der Waals surface area contributed by atoms with Crippen LogP contribution >= 0.6 is 0 Å². The summed E-state index contributed by atoms with van der Waals surface area (Å²) in [6, 6.07) is 4.69. The maximum absolute atomic E-state index is 12.8. The van der Waals surface area contributed by atoms with E-state index in [0.29, 0.717) is 0 Å². The first-order valence-electron chi connectivity index (χ1n) is 9.21. The van der Waals surface area contributed by atoms with Crippen molar-refractivity contribution in [3.8, 4) is 0 Å². The molecule has 3 rings (SSSR count). The number of carbonyl (C=O) groups is 1. The molecule has 2 aromatic rings. The van der Waals surface area contributed by atoms with Crippen LogP contribution in [0.2, 0.25) is 0 Å². The minimum atomic E-state index is -4.42. The fourth-order valence-corrected chi connectivity index (χ4v) is 3.24. The quantitative estimate of drug-likeness (QED) is 0.817. The molecule has 1 aliphatic rings. The third-order valence-electron chi connectivity index (χ3n) is 4.89. The number of alkyl halides is 3. The Labute approximate surface area is 161 Å². The molecular formula is C19H24F3N5O. The number of benzene rings is 1. The van der Waals surface area contributed by atoms with Gasteiger partial charge in [-0.05, 0) is 25.1 Å². The molecule has 1 saturated heterocycles. The van der Waals surface area contributed by atoms with Gasteiger partial charge in [-0.3, -0.25) is 14.6 Å². The lowest BCUT2D eigenvalue weighted by molar-refractivity contribution is -0.137. The van der Waals surface area contributed by atoms with Crippen LogP contribution in [-0.2, 0) is 17.5 Å². The van der Waals surface area contributed by atoms with Crippen molar-refractivity contribution in [2.45, 2.75) is 19.6 Å². The normalized spacial score (nSPS) is 16.3. The second-order valence-electron chi connectivity index (χ2n) is 6.91. The lowest BCUT2D eigenvalue weighted by Crippen LogP contribution is -2.49. The highest BCUT2D eigenvalue weighted by atomic mass is 19.4. The third kappa shape index (κ3) is 5.56. The van der Waals surface area contributed by atoms with Gasteiger partial charge in [-0.25, -0.2) is 4.98 Å². The lowest BCUT2D eigenvalue weighted by Gasteiger charge is -2.34. The fraction of sp³-hybridized carbons (Fsp3) is 0.474. The van der Waals surface area contributed by atoms with E-state index in [2.05, 4.69) is 19.8 Å². The second-order valence-corrected chi connectivity index (χ2v) is 6.91. The Balaban J connectivity index is 1.42. The molecule has 1 aromatic heterocycles. The van der Waals surface area contributed by atoms with Crippen LogP contribution in [0.25, 0.3) is 0 Å². The van der Waals surface area contributed by atoms with E-state index >= 15 is 0 Å². The fourth-order valence-electron chi connectivity index (χ4n) is 3.24. The molecule has 152 valence electrons. The first-order chi connectivity index (χ1) is 13.3. The van der Waals surface area contributed by atoms with Gasteiger partial charge < -0.3 is 9.88 Å². The largest absolute Gasteiger partial charge is 0.416 e. The highest BCUT2D eigenvalue weighted by Gasteiger charge is 2.30. The zero-order valence-corrected chi connectivity index (χ0v) is 15.7. The summed E-state index contributed by atoms with van der Waals surface area (Å²) in [6.45, 7) is 7.14.